The van der Waals surface area contributed by atoms with Gasteiger partial charge in [0.2, 0.25) is 0 Å². The monoisotopic (exact) mass is 258 g/mol. The number of piperidine rings is 1. The number of likely N-dealkylation sites (tertiary alicyclic amines) is 1. The van der Waals surface area contributed by atoms with Crippen LogP contribution in [0.2, 0.25) is 0 Å². The molecule has 3 rings (SSSR count). The minimum atomic E-state index is 0.714. The van der Waals surface area contributed by atoms with Gasteiger partial charge >= 0.3 is 0 Å². The minimum Gasteiger partial charge on any atom is -0.303 e. The summed E-state index contributed by atoms with van der Waals surface area (Å²) in [4.78, 5) is 7.19. The fraction of sp³-hybridized carbons (Fsp3) is 0.600. The minimum absolute atomic E-state index is 0.714. The van der Waals surface area contributed by atoms with Crippen molar-refractivity contribution in [3.05, 3.63) is 29.7 Å². The molecule has 1 unspecified atom stereocenters. The summed E-state index contributed by atoms with van der Waals surface area (Å²) < 4.78 is 1.95. The molecule has 0 spiro atoms. The Kier molecular flexibility index (Phi) is 3.51. The fourth-order valence-electron chi connectivity index (χ4n) is 3.03. The normalized spacial score (nSPS) is 21.1. The van der Waals surface area contributed by atoms with Gasteiger partial charge in [-0.05, 0) is 50.9 Å². The zero-order valence-corrected chi connectivity index (χ0v) is 11.8. The number of fused-ring (bicyclic) bond motifs is 1. The Bertz CT molecular complexity index is 560. The molecule has 0 radical (unpaired) electrons. The van der Waals surface area contributed by atoms with Crippen LogP contribution in [-0.4, -0.2) is 39.1 Å². The van der Waals surface area contributed by atoms with Gasteiger partial charge in [-0.25, -0.2) is 9.50 Å². The van der Waals surface area contributed by atoms with Gasteiger partial charge in [-0.1, -0.05) is 13.0 Å². The first-order valence-corrected chi connectivity index (χ1v) is 7.30. The summed E-state index contributed by atoms with van der Waals surface area (Å²) in [5, 5.41) is 4.64. The van der Waals surface area contributed by atoms with Crippen molar-refractivity contribution in [1.82, 2.24) is 19.5 Å². The lowest BCUT2D eigenvalue weighted by molar-refractivity contribution is 0.181. The third-order valence-corrected chi connectivity index (χ3v) is 4.11. The molecule has 4 heteroatoms. The Morgan fingerprint density at radius 3 is 3.05 bits per heavy atom. The van der Waals surface area contributed by atoms with Crippen LogP contribution in [0.25, 0.3) is 5.65 Å². The van der Waals surface area contributed by atoms with Gasteiger partial charge in [0, 0.05) is 18.7 Å². The van der Waals surface area contributed by atoms with Crippen LogP contribution in [0.5, 0.6) is 0 Å². The summed E-state index contributed by atoms with van der Waals surface area (Å²) in [7, 11) is 0. The van der Waals surface area contributed by atoms with E-state index in [2.05, 4.69) is 34.9 Å². The van der Waals surface area contributed by atoms with E-state index in [9.17, 15) is 0 Å². The smallest absolute Gasteiger partial charge is 0.155 e. The zero-order valence-electron chi connectivity index (χ0n) is 11.8. The largest absolute Gasteiger partial charge is 0.303 e. The van der Waals surface area contributed by atoms with Crippen LogP contribution in [0.15, 0.2) is 18.2 Å². The van der Waals surface area contributed by atoms with E-state index in [-0.39, 0.29) is 0 Å². The van der Waals surface area contributed by atoms with E-state index < -0.39 is 0 Å². The van der Waals surface area contributed by atoms with E-state index in [1.54, 1.807) is 0 Å². The quantitative estimate of drug-likeness (QED) is 0.847. The lowest BCUT2D eigenvalue weighted by atomic mass is 9.94. The van der Waals surface area contributed by atoms with Gasteiger partial charge in [-0.2, -0.15) is 5.10 Å². The molecule has 102 valence electrons. The number of hydrogen-bond donors (Lipinski definition) is 0. The van der Waals surface area contributed by atoms with Crippen molar-refractivity contribution in [1.29, 1.82) is 0 Å². The van der Waals surface area contributed by atoms with Crippen LogP contribution in [-0.2, 0) is 6.42 Å². The van der Waals surface area contributed by atoms with Gasteiger partial charge < -0.3 is 4.90 Å². The third kappa shape index (κ3) is 2.63. The summed E-state index contributed by atoms with van der Waals surface area (Å²) in [5.41, 5.74) is 2.12. The molecular formula is C15H22N4. The van der Waals surface area contributed by atoms with E-state index >= 15 is 0 Å². The Balaban J connectivity index is 1.76. The van der Waals surface area contributed by atoms with Gasteiger partial charge in [-0.15, -0.1) is 0 Å². The van der Waals surface area contributed by atoms with Crippen molar-refractivity contribution in [3.63, 3.8) is 0 Å². The van der Waals surface area contributed by atoms with Crippen molar-refractivity contribution in [2.24, 2.45) is 5.92 Å². The molecule has 19 heavy (non-hydrogen) atoms. The van der Waals surface area contributed by atoms with Crippen LogP contribution in [0, 0.1) is 12.8 Å². The molecule has 4 nitrogen and oxygen atoms in total. The van der Waals surface area contributed by atoms with Crippen molar-refractivity contribution >= 4 is 5.65 Å². The van der Waals surface area contributed by atoms with Crippen molar-refractivity contribution in [2.75, 3.05) is 19.6 Å². The molecule has 0 saturated carbocycles. The first kappa shape index (κ1) is 12.6. The number of pyridine rings is 1. The molecule has 1 fully saturated rings. The highest BCUT2D eigenvalue weighted by Gasteiger charge is 2.20. The van der Waals surface area contributed by atoms with Gasteiger partial charge in [0.25, 0.3) is 0 Å². The standard InChI is InChI=1S/C15H22N4/c1-3-18-9-5-7-13(11-18)10-14-16-15-8-4-6-12(2)19(15)17-14/h4,6,8,13H,3,5,7,9-11H2,1-2H3. The lowest BCUT2D eigenvalue weighted by Gasteiger charge is -2.31. The van der Waals surface area contributed by atoms with Gasteiger partial charge in [0.05, 0.1) is 0 Å². The summed E-state index contributed by atoms with van der Waals surface area (Å²) >= 11 is 0. The topological polar surface area (TPSA) is 33.4 Å². The molecular weight excluding hydrogens is 236 g/mol. The molecule has 1 atom stereocenters. The summed E-state index contributed by atoms with van der Waals surface area (Å²) in [6.45, 7) is 7.93. The summed E-state index contributed by atoms with van der Waals surface area (Å²) in [6.07, 6.45) is 3.63. The highest BCUT2D eigenvalue weighted by molar-refractivity contribution is 5.38. The predicted molar refractivity (Wildman–Crippen MR) is 76.3 cm³/mol. The number of rotatable bonds is 3. The second kappa shape index (κ2) is 5.29. The fourth-order valence-corrected chi connectivity index (χ4v) is 3.03. The molecule has 0 amide bonds. The SMILES string of the molecule is CCN1CCCC(Cc2nc3cccc(C)n3n2)C1. The van der Waals surface area contributed by atoms with E-state index in [1.165, 1.54) is 25.9 Å². The summed E-state index contributed by atoms with van der Waals surface area (Å²) in [6, 6.07) is 6.15. The number of hydrogen-bond acceptors (Lipinski definition) is 3. The van der Waals surface area contributed by atoms with E-state index in [4.69, 9.17) is 0 Å². The maximum atomic E-state index is 4.65. The first-order valence-electron chi connectivity index (χ1n) is 7.30. The zero-order chi connectivity index (χ0) is 13.2. The van der Waals surface area contributed by atoms with Crippen LogP contribution in [0.1, 0.15) is 31.3 Å². The molecule has 2 aromatic rings. The van der Waals surface area contributed by atoms with Crippen molar-refractivity contribution < 1.29 is 0 Å². The van der Waals surface area contributed by atoms with Gasteiger partial charge in [0.15, 0.2) is 11.5 Å². The highest BCUT2D eigenvalue weighted by Crippen LogP contribution is 2.19. The Morgan fingerprint density at radius 2 is 2.26 bits per heavy atom. The van der Waals surface area contributed by atoms with Crippen LogP contribution in [0.3, 0.4) is 0 Å². The summed E-state index contributed by atoms with van der Waals surface area (Å²) in [5.74, 6) is 1.71. The molecule has 1 aliphatic heterocycles. The molecule has 0 N–H and O–H groups in total. The molecule has 0 aromatic carbocycles. The van der Waals surface area contributed by atoms with Gasteiger partial charge in [-0.3, -0.25) is 0 Å². The van der Waals surface area contributed by atoms with Crippen LogP contribution >= 0.6 is 0 Å². The maximum Gasteiger partial charge on any atom is 0.155 e. The molecule has 0 aliphatic carbocycles. The van der Waals surface area contributed by atoms with Crippen molar-refractivity contribution in [2.45, 2.75) is 33.1 Å². The highest BCUT2D eigenvalue weighted by atomic mass is 15.3. The Labute approximate surface area is 114 Å². The number of nitrogens with zero attached hydrogens (tertiary/aromatic N) is 4. The van der Waals surface area contributed by atoms with E-state index in [1.807, 2.05) is 16.6 Å². The average Bonchev–Trinajstić information content (AvgIpc) is 2.83. The lowest BCUT2D eigenvalue weighted by Crippen LogP contribution is -2.36. The maximum absolute atomic E-state index is 4.65. The first-order chi connectivity index (χ1) is 9.26. The molecule has 1 aliphatic rings. The second-order valence-electron chi connectivity index (χ2n) is 5.57. The molecule has 0 bridgehead atoms. The van der Waals surface area contributed by atoms with E-state index in [0.29, 0.717) is 5.92 Å². The Hall–Kier alpha value is -1.42. The van der Waals surface area contributed by atoms with E-state index in [0.717, 1.165) is 30.1 Å². The van der Waals surface area contributed by atoms with Crippen molar-refractivity contribution in [3.8, 4) is 0 Å². The molecule has 2 aromatic heterocycles. The number of aryl methyl sites for hydroxylation is 1. The molecule has 1 saturated heterocycles. The second-order valence-corrected chi connectivity index (χ2v) is 5.57. The third-order valence-electron chi connectivity index (χ3n) is 4.11. The van der Waals surface area contributed by atoms with Gasteiger partial charge in [0.1, 0.15) is 0 Å². The molecule has 3 heterocycles. The predicted octanol–water partition coefficient (Wildman–Crippen LogP) is 2.31. The Morgan fingerprint density at radius 1 is 1.37 bits per heavy atom. The van der Waals surface area contributed by atoms with Crippen LogP contribution in [0.4, 0.5) is 0 Å². The average molecular weight is 258 g/mol. The number of aromatic nitrogens is 3. The van der Waals surface area contributed by atoms with Crippen LogP contribution < -0.4 is 0 Å².